The van der Waals surface area contributed by atoms with Crippen LogP contribution in [0.4, 0.5) is 5.69 Å². The molecule has 0 fully saturated rings. The molecule has 3 heteroatoms. The van der Waals surface area contributed by atoms with Crippen LogP contribution >= 0.6 is 0 Å². The molecule has 0 aliphatic heterocycles. The molecule has 0 aromatic heterocycles. The molecule has 0 spiro atoms. The van der Waals surface area contributed by atoms with E-state index in [4.69, 9.17) is 0 Å². The van der Waals surface area contributed by atoms with Gasteiger partial charge in [0.2, 0.25) is 0 Å². The van der Waals surface area contributed by atoms with Gasteiger partial charge in [-0.15, -0.1) is 0 Å². The van der Waals surface area contributed by atoms with Gasteiger partial charge in [-0.2, -0.15) is 0 Å². The minimum Gasteiger partial charge on any atom is -0.770 e. The van der Waals surface area contributed by atoms with Crippen LogP contribution in [0.25, 0.3) is 0 Å². The Bertz CT molecular complexity index is 197. The lowest BCUT2D eigenvalue weighted by Crippen LogP contribution is -2.33. The van der Waals surface area contributed by atoms with Crippen LogP contribution < -0.4 is 10.6 Å². The molecule has 60 valence electrons. The number of hydrogen-bond acceptors (Lipinski definition) is 3. The normalized spacial score (nSPS) is 9.64. The van der Waals surface area contributed by atoms with Gasteiger partial charge < -0.3 is 15.8 Å². The number of hydrazine groups is 1. The Morgan fingerprint density at radius 3 is 2.45 bits per heavy atom. The highest BCUT2D eigenvalue weighted by molar-refractivity contribution is 5.44. The number of para-hydroxylation sites is 1. The van der Waals surface area contributed by atoms with Crippen molar-refractivity contribution in [2.45, 2.75) is 6.92 Å². The largest absolute Gasteiger partial charge is 0.770 e. The fourth-order valence-electron chi connectivity index (χ4n) is 0.908. The molecule has 1 aromatic carbocycles. The first-order valence-electron chi connectivity index (χ1n) is 3.59. The summed E-state index contributed by atoms with van der Waals surface area (Å²) in [5.41, 5.74) is 2.74. The van der Waals surface area contributed by atoms with Crippen molar-refractivity contribution < 1.29 is 0 Å². The van der Waals surface area contributed by atoms with E-state index in [1.807, 2.05) is 42.8 Å². The summed E-state index contributed by atoms with van der Waals surface area (Å²) in [5, 5.41) is 11.9. The molecule has 0 amide bonds. The Kier molecular flexibility index (Phi) is 2.89. The predicted octanol–water partition coefficient (Wildman–Crippen LogP) is 1.52. The quantitative estimate of drug-likeness (QED) is 0.665. The summed E-state index contributed by atoms with van der Waals surface area (Å²) in [6, 6.07) is 9.48. The smallest absolute Gasteiger partial charge is 0.0509 e. The molecule has 0 aliphatic rings. The standard InChI is InChI=1S/C8H11N2O/c1-2-10(9-11)8-6-4-3-5-7-8/h3-7,9H,2H2,1H3/q-1. The summed E-state index contributed by atoms with van der Waals surface area (Å²) in [6.07, 6.45) is 0. The molecule has 3 nitrogen and oxygen atoms in total. The van der Waals surface area contributed by atoms with Crippen LogP contribution in [0.2, 0.25) is 0 Å². The number of anilines is 1. The van der Waals surface area contributed by atoms with E-state index in [1.54, 1.807) is 0 Å². The van der Waals surface area contributed by atoms with Crippen LogP contribution in [0.5, 0.6) is 0 Å². The highest BCUT2D eigenvalue weighted by Crippen LogP contribution is 2.09. The molecule has 0 heterocycles. The van der Waals surface area contributed by atoms with E-state index < -0.39 is 0 Å². The maximum absolute atomic E-state index is 10.3. The average molecular weight is 151 g/mol. The number of hydrogen-bond donors (Lipinski definition) is 1. The molecular formula is C8H11N2O-. The van der Waals surface area contributed by atoms with Crippen molar-refractivity contribution in [1.29, 1.82) is 0 Å². The van der Waals surface area contributed by atoms with Crippen molar-refractivity contribution in [3.8, 4) is 0 Å². The summed E-state index contributed by atoms with van der Waals surface area (Å²) >= 11 is 0. The van der Waals surface area contributed by atoms with Crippen molar-refractivity contribution >= 4 is 5.69 Å². The zero-order valence-electron chi connectivity index (χ0n) is 6.45. The van der Waals surface area contributed by atoms with E-state index in [0.717, 1.165) is 5.69 Å². The zero-order valence-corrected chi connectivity index (χ0v) is 6.45. The van der Waals surface area contributed by atoms with Crippen molar-refractivity contribution in [3.63, 3.8) is 0 Å². The Morgan fingerprint density at radius 2 is 2.00 bits per heavy atom. The number of nitrogens with zero attached hydrogens (tertiary/aromatic N) is 1. The van der Waals surface area contributed by atoms with Gasteiger partial charge in [0.25, 0.3) is 0 Å². The summed E-state index contributed by atoms with van der Waals surface area (Å²) < 4.78 is 0. The third kappa shape index (κ3) is 1.93. The third-order valence-corrected chi connectivity index (χ3v) is 1.49. The summed E-state index contributed by atoms with van der Waals surface area (Å²) in [4.78, 5) is 0. The first-order valence-corrected chi connectivity index (χ1v) is 3.59. The van der Waals surface area contributed by atoms with Gasteiger partial charge in [-0.3, -0.25) is 0 Å². The Morgan fingerprint density at radius 1 is 1.36 bits per heavy atom. The van der Waals surface area contributed by atoms with E-state index in [2.05, 4.69) is 0 Å². The molecule has 1 N–H and O–H groups in total. The van der Waals surface area contributed by atoms with E-state index in [-0.39, 0.29) is 0 Å². The second-order valence-corrected chi connectivity index (χ2v) is 2.17. The van der Waals surface area contributed by atoms with E-state index >= 15 is 0 Å². The molecule has 0 atom stereocenters. The van der Waals surface area contributed by atoms with Crippen molar-refractivity contribution in [2.75, 3.05) is 11.6 Å². The molecule has 0 saturated carbocycles. The summed E-state index contributed by atoms with van der Waals surface area (Å²) in [6.45, 7) is 2.57. The lowest BCUT2D eigenvalue weighted by Gasteiger charge is -2.27. The topological polar surface area (TPSA) is 38.3 Å². The van der Waals surface area contributed by atoms with Gasteiger partial charge in [-0.1, -0.05) is 18.2 Å². The molecule has 1 rings (SSSR count). The first kappa shape index (κ1) is 8.04. The lowest BCUT2D eigenvalue weighted by atomic mass is 10.3. The summed E-state index contributed by atoms with van der Waals surface area (Å²) in [7, 11) is 0. The van der Waals surface area contributed by atoms with Crippen LogP contribution in [0, 0.1) is 5.21 Å². The van der Waals surface area contributed by atoms with Gasteiger partial charge in [-0.05, 0) is 19.1 Å². The van der Waals surface area contributed by atoms with Crippen LogP contribution in [-0.4, -0.2) is 6.54 Å². The Labute approximate surface area is 66.2 Å². The van der Waals surface area contributed by atoms with Gasteiger partial charge in [0, 0.05) is 6.54 Å². The number of rotatable bonds is 3. The van der Waals surface area contributed by atoms with Crippen LogP contribution in [0.1, 0.15) is 6.92 Å². The van der Waals surface area contributed by atoms with Crippen molar-refractivity contribution in [1.82, 2.24) is 5.59 Å². The van der Waals surface area contributed by atoms with E-state index in [0.29, 0.717) is 6.54 Å². The second kappa shape index (κ2) is 3.95. The number of nitrogens with one attached hydrogen (secondary N) is 1. The van der Waals surface area contributed by atoms with Gasteiger partial charge in [-0.25, -0.2) is 0 Å². The van der Waals surface area contributed by atoms with Crippen LogP contribution in [0.3, 0.4) is 0 Å². The highest BCUT2D eigenvalue weighted by Gasteiger charge is 1.94. The first-order chi connectivity index (χ1) is 5.38. The molecule has 1 aromatic rings. The molecular weight excluding hydrogens is 140 g/mol. The zero-order chi connectivity index (χ0) is 8.10. The third-order valence-electron chi connectivity index (χ3n) is 1.49. The van der Waals surface area contributed by atoms with E-state index in [1.165, 1.54) is 5.01 Å². The average Bonchev–Trinajstić information content (AvgIpc) is 2.09. The molecule has 11 heavy (non-hydrogen) atoms. The van der Waals surface area contributed by atoms with E-state index in [9.17, 15) is 5.21 Å². The van der Waals surface area contributed by atoms with Gasteiger partial charge in [0.15, 0.2) is 0 Å². The molecule has 0 radical (unpaired) electrons. The molecule has 0 bridgehead atoms. The van der Waals surface area contributed by atoms with Crippen molar-refractivity contribution in [3.05, 3.63) is 35.5 Å². The summed E-state index contributed by atoms with van der Waals surface area (Å²) in [5.74, 6) is 0. The highest BCUT2D eigenvalue weighted by atomic mass is 16.5. The SMILES string of the molecule is CCN(N[O-])c1ccccc1. The van der Waals surface area contributed by atoms with Crippen LogP contribution in [-0.2, 0) is 0 Å². The molecule has 0 unspecified atom stereocenters. The van der Waals surface area contributed by atoms with Gasteiger partial charge in [0.05, 0.1) is 5.69 Å². The maximum Gasteiger partial charge on any atom is 0.0509 e. The Balaban J connectivity index is 2.74. The number of benzene rings is 1. The second-order valence-electron chi connectivity index (χ2n) is 2.17. The Hall–Kier alpha value is -1.06. The fraction of sp³-hybridized carbons (Fsp3) is 0.250. The van der Waals surface area contributed by atoms with Crippen molar-refractivity contribution in [2.24, 2.45) is 0 Å². The van der Waals surface area contributed by atoms with Crippen LogP contribution in [0.15, 0.2) is 30.3 Å². The minimum atomic E-state index is 0.660. The fourth-order valence-corrected chi connectivity index (χ4v) is 0.908. The van der Waals surface area contributed by atoms with Gasteiger partial charge in [0.1, 0.15) is 0 Å². The van der Waals surface area contributed by atoms with Gasteiger partial charge >= 0.3 is 0 Å². The predicted molar refractivity (Wildman–Crippen MR) is 46.0 cm³/mol. The lowest BCUT2D eigenvalue weighted by molar-refractivity contribution is 0.766. The maximum atomic E-state index is 10.3. The monoisotopic (exact) mass is 151 g/mol. The molecule has 0 aliphatic carbocycles. The minimum absolute atomic E-state index is 0.660. The molecule has 0 saturated heterocycles.